The Kier molecular flexibility index (Phi) is 5.51. The lowest BCUT2D eigenvalue weighted by Crippen LogP contribution is -2.43. The SMILES string of the molecule is COc1ccc(Nc2cccc3nc([C@H]4CN(C(=O)Cc5ccco5)CCO4)cn23)cc1. The second-order valence-electron chi connectivity index (χ2n) is 7.61. The van der Waals surface area contributed by atoms with E-state index >= 15 is 0 Å². The number of rotatable bonds is 6. The number of ether oxygens (including phenoxy) is 2. The molecule has 8 heteroatoms. The number of hydrogen-bond acceptors (Lipinski definition) is 6. The van der Waals surface area contributed by atoms with Gasteiger partial charge in [0.25, 0.3) is 0 Å². The number of imidazole rings is 1. The summed E-state index contributed by atoms with van der Waals surface area (Å²) in [6.45, 7) is 1.50. The molecule has 4 heterocycles. The minimum atomic E-state index is -0.280. The van der Waals surface area contributed by atoms with Crippen molar-refractivity contribution in [2.45, 2.75) is 12.5 Å². The van der Waals surface area contributed by atoms with E-state index in [1.165, 1.54) is 0 Å². The molecule has 8 nitrogen and oxygen atoms in total. The molecule has 164 valence electrons. The van der Waals surface area contributed by atoms with Gasteiger partial charge in [-0.15, -0.1) is 0 Å². The summed E-state index contributed by atoms with van der Waals surface area (Å²) in [6.07, 6.45) is 3.52. The molecule has 4 aromatic rings. The molecule has 1 saturated heterocycles. The van der Waals surface area contributed by atoms with E-state index in [0.29, 0.717) is 25.5 Å². The summed E-state index contributed by atoms with van der Waals surface area (Å²) in [7, 11) is 1.65. The van der Waals surface area contributed by atoms with Crippen LogP contribution in [-0.4, -0.2) is 47.0 Å². The van der Waals surface area contributed by atoms with E-state index in [2.05, 4.69) is 5.32 Å². The molecule has 0 radical (unpaired) electrons. The Balaban J connectivity index is 1.34. The van der Waals surface area contributed by atoms with Gasteiger partial charge in [0.05, 0.1) is 38.6 Å². The molecule has 1 fully saturated rings. The van der Waals surface area contributed by atoms with Crippen LogP contribution in [0.15, 0.2) is 71.5 Å². The highest BCUT2D eigenvalue weighted by Crippen LogP contribution is 2.26. The summed E-state index contributed by atoms with van der Waals surface area (Å²) in [6, 6.07) is 17.2. The van der Waals surface area contributed by atoms with Crippen LogP contribution in [0.2, 0.25) is 0 Å². The third-order valence-corrected chi connectivity index (χ3v) is 5.53. The van der Waals surface area contributed by atoms with Gasteiger partial charge in [0.1, 0.15) is 29.1 Å². The summed E-state index contributed by atoms with van der Waals surface area (Å²) >= 11 is 0. The van der Waals surface area contributed by atoms with Crippen LogP contribution in [0.25, 0.3) is 5.65 Å². The maximum Gasteiger partial charge on any atom is 0.230 e. The van der Waals surface area contributed by atoms with Crippen LogP contribution in [0, 0.1) is 0 Å². The predicted octanol–water partition coefficient (Wildman–Crippen LogP) is 3.82. The molecule has 5 rings (SSSR count). The fraction of sp³-hybridized carbons (Fsp3) is 0.250. The van der Waals surface area contributed by atoms with E-state index in [1.807, 2.05) is 64.0 Å². The molecule has 1 aliphatic heterocycles. The summed E-state index contributed by atoms with van der Waals surface area (Å²) < 4.78 is 18.5. The van der Waals surface area contributed by atoms with E-state index in [4.69, 9.17) is 18.9 Å². The van der Waals surface area contributed by atoms with E-state index in [-0.39, 0.29) is 18.4 Å². The van der Waals surface area contributed by atoms with Crippen LogP contribution in [0.4, 0.5) is 11.5 Å². The van der Waals surface area contributed by atoms with Crippen LogP contribution in [0.5, 0.6) is 5.75 Å². The molecule has 1 aliphatic rings. The molecule has 0 saturated carbocycles. The zero-order chi connectivity index (χ0) is 21.9. The summed E-state index contributed by atoms with van der Waals surface area (Å²) in [5, 5.41) is 3.42. The third kappa shape index (κ3) is 4.17. The van der Waals surface area contributed by atoms with Gasteiger partial charge < -0.3 is 24.1 Å². The van der Waals surface area contributed by atoms with E-state index in [1.54, 1.807) is 19.4 Å². The van der Waals surface area contributed by atoms with Gasteiger partial charge in [-0.3, -0.25) is 9.20 Å². The van der Waals surface area contributed by atoms with E-state index in [9.17, 15) is 4.79 Å². The number of carbonyl (C=O) groups is 1. The Morgan fingerprint density at radius 3 is 2.84 bits per heavy atom. The largest absolute Gasteiger partial charge is 0.497 e. The third-order valence-electron chi connectivity index (χ3n) is 5.53. The topological polar surface area (TPSA) is 81.2 Å². The highest BCUT2D eigenvalue weighted by atomic mass is 16.5. The zero-order valence-corrected chi connectivity index (χ0v) is 17.7. The average molecular weight is 432 g/mol. The second-order valence-corrected chi connectivity index (χ2v) is 7.61. The number of aromatic nitrogens is 2. The molecule has 32 heavy (non-hydrogen) atoms. The maximum atomic E-state index is 12.7. The van der Waals surface area contributed by atoms with Crippen LogP contribution in [0.3, 0.4) is 0 Å². The number of fused-ring (bicyclic) bond motifs is 1. The molecule has 0 unspecified atom stereocenters. The Morgan fingerprint density at radius 2 is 2.06 bits per heavy atom. The lowest BCUT2D eigenvalue weighted by atomic mass is 10.2. The van der Waals surface area contributed by atoms with Crippen LogP contribution >= 0.6 is 0 Å². The van der Waals surface area contributed by atoms with Gasteiger partial charge in [-0.25, -0.2) is 4.98 Å². The Hall–Kier alpha value is -3.78. The zero-order valence-electron chi connectivity index (χ0n) is 17.7. The number of amides is 1. The van der Waals surface area contributed by atoms with Crippen molar-refractivity contribution < 1.29 is 18.7 Å². The number of furan rings is 1. The minimum Gasteiger partial charge on any atom is -0.497 e. The standard InChI is InChI=1S/C24H24N4O4/c1-30-18-9-7-17(8-10-18)25-22-5-2-6-23-26-20(15-28(22)23)21-16-27(11-13-32-21)24(29)14-19-4-3-12-31-19/h2-10,12,15,21,25H,11,13-14,16H2,1H3/t21-/m1/s1. The van der Waals surface area contributed by atoms with Crippen LogP contribution < -0.4 is 10.1 Å². The molecule has 1 atom stereocenters. The highest BCUT2D eigenvalue weighted by Gasteiger charge is 2.27. The van der Waals surface area contributed by atoms with Gasteiger partial charge in [-0.1, -0.05) is 6.07 Å². The lowest BCUT2D eigenvalue weighted by molar-refractivity contribution is -0.138. The molecular formula is C24H24N4O4. The van der Waals surface area contributed by atoms with Crippen molar-refractivity contribution in [3.8, 4) is 5.75 Å². The lowest BCUT2D eigenvalue weighted by Gasteiger charge is -2.32. The summed E-state index contributed by atoms with van der Waals surface area (Å²) in [5.41, 5.74) is 2.54. The van der Waals surface area contributed by atoms with Gasteiger partial charge in [-0.05, 0) is 48.5 Å². The maximum absolute atomic E-state index is 12.7. The monoisotopic (exact) mass is 432 g/mol. The van der Waals surface area contributed by atoms with Crippen molar-refractivity contribution in [3.63, 3.8) is 0 Å². The highest BCUT2D eigenvalue weighted by molar-refractivity contribution is 5.78. The Morgan fingerprint density at radius 1 is 1.19 bits per heavy atom. The first kappa shape index (κ1) is 20.1. The van der Waals surface area contributed by atoms with Crippen molar-refractivity contribution in [1.29, 1.82) is 0 Å². The van der Waals surface area contributed by atoms with Crippen LogP contribution in [0.1, 0.15) is 17.6 Å². The normalized spacial score (nSPS) is 16.3. The molecular weight excluding hydrogens is 408 g/mol. The first-order valence-corrected chi connectivity index (χ1v) is 10.5. The molecule has 1 aromatic carbocycles. The van der Waals surface area contributed by atoms with Gasteiger partial charge >= 0.3 is 0 Å². The molecule has 1 N–H and O–H groups in total. The van der Waals surface area contributed by atoms with Crippen molar-refractivity contribution in [1.82, 2.24) is 14.3 Å². The number of benzene rings is 1. The van der Waals surface area contributed by atoms with E-state index < -0.39 is 0 Å². The van der Waals surface area contributed by atoms with Gasteiger partial charge in [0, 0.05) is 18.4 Å². The minimum absolute atomic E-state index is 0.0267. The second kappa shape index (κ2) is 8.76. The molecule has 1 amide bonds. The molecule has 3 aromatic heterocycles. The quantitative estimate of drug-likeness (QED) is 0.499. The predicted molar refractivity (Wildman–Crippen MR) is 119 cm³/mol. The number of carbonyl (C=O) groups excluding carboxylic acids is 1. The number of methoxy groups -OCH3 is 1. The van der Waals surface area contributed by atoms with Gasteiger partial charge in [-0.2, -0.15) is 0 Å². The number of nitrogens with one attached hydrogen (secondary N) is 1. The van der Waals surface area contributed by atoms with Crippen molar-refractivity contribution in [2.24, 2.45) is 0 Å². The van der Waals surface area contributed by atoms with Crippen LogP contribution in [-0.2, 0) is 16.0 Å². The first-order chi connectivity index (χ1) is 15.7. The number of hydrogen-bond donors (Lipinski definition) is 1. The van der Waals surface area contributed by atoms with Gasteiger partial charge in [0.15, 0.2) is 0 Å². The van der Waals surface area contributed by atoms with Crippen molar-refractivity contribution in [2.75, 3.05) is 32.1 Å². The van der Waals surface area contributed by atoms with Crippen molar-refractivity contribution in [3.05, 3.63) is 78.5 Å². The number of pyridine rings is 1. The fourth-order valence-electron chi connectivity index (χ4n) is 3.84. The molecule has 0 spiro atoms. The summed E-state index contributed by atoms with van der Waals surface area (Å²) in [5.74, 6) is 2.38. The van der Waals surface area contributed by atoms with Gasteiger partial charge in [0.2, 0.25) is 5.91 Å². The number of nitrogens with zero attached hydrogens (tertiary/aromatic N) is 3. The first-order valence-electron chi connectivity index (χ1n) is 10.5. The molecule has 0 aliphatic carbocycles. The molecule has 0 bridgehead atoms. The van der Waals surface area contributed by atoms with E-state index in [0.717, 1.165) is 28.6 Å². The summed E-state index contributed by atoms with van der Waals surface area (Å²) in [4.78, 5) is 19.3. The Bertz CT molecular complexity index is 1200. The number of anilines is 2. The van der Waals surface area contributed by atoms with Crippen molar-refractivity contribution >= 4 is 23.1 Å². The number of morpholine rings is 1. The Labute approximate surface area is 185 Å². The smallest absolute Gasteiger partial charge is 0.230 e. The average Bonchev–Trinajstić information content (AvgIpc) is 3.50. The fourth-order valence-corrected chi connectivity index (χ4v) is 3.84.